The molecule has 3 aromatic rings. The normalized spacial score (nSPS) is 15.7. The van der Waals surface area contributed by atoms with Crippen molar-refractivity contribution in [2.45, 2.75) is 13.1 Å². The van der Waals surface area contributed by atoms with Gasteiger partial charge in [0, 0.05) is 58.8 Å². The Hall–Kier alpha value is -2.58. The van der Waals surface area contributed by atoms with E-state index in [1.807, 2.05) is 29.4 Å². The number of hydrogen-bond acceptors (Lipinski definition) is 7. The molecule has 0 atom stereocenters. The number of anilines is 1. The van der Waals surface area contributed by atoms with Crippen LogP contribution in [0.4, 0.5) is 5.82 Å². The molecule has 0 N–H and O–H groups in total. The average molecular weight is 353 g/mol. The SMILES string of the molecule is COCCn1cnc2c(N3CCN(Cc4cccnc4)CC3)ncnc21. The van der Waals surface area contributed by atoms with E-state index in [4.69, 9.17) is 4.74 Å². The first-order chi connectivity index (χ1) is 12.8. The van der Waals surface area contributed by atoms with Crippen LogP contribution < -0.4 is 4.90 Å². The van der Waals surface area contributed by atoms with Crippen LogP contribution in [0.15, 0.2) is 37.2 Å². The lowest BCUT2D eigenvalue weighted by atomic mass is 10.2. The topological polar surface area (TPSA) is 72.2 Å². The largest absolute Gasteiger partial charge is 0.383 e. The van der Waals surface area contributed by atoms with Gasteiger partial charge in [-0.2, -0.15) is 0 Å². The summed E-state index contributed by atoms with van der Waals surface area (Å²) in [6.07, 6.45) is 7.20. The van der Waals surface area contributed by atoms with Crippen LogP contribution in [0, 0.1) is 0 Å². The Morgan fingerprint density at radius 2 is 2.00 bits per heavy atom. The predicted molar refractivity (Wildman–Crippen MR) is 98.9 cm³/mol. The van der Waals surface area contributed by atoms with Crippen LogP contribution in [0.3, 0.4) is 0 Å². The van der Waals surface area contributed by atoms with Crippen molar-refractivity contribution in [3.8, 4) is 0 Å². The third kappa shape index (κ3) is 3.51. The smallest absolute Gasteiger partial charge is 0.165 e. The number of fused-ring (bicyclic) bond motifs is 1. The third-order valence-electron chi connectivity index (χ3n) is 4.72. The van der Waals surface area contributed by atoms with E-state index in [2.05, 4.69) is 35.8 Å². The predicted octanol–water partition coefficient (Wildman–Crippen LogP) is 1.19. The summed E-state index contributed by atoms with van der Waals surface area (Å²) in [6.45, 7) is 6.15. The van der Waals surface area contributed by atoms with E-state index in [1.54, 1.807) is 13.4 Å². The van der Waals surface area contributed by atoms with Gasteiger partial charge in [0.25, 0.3) is 0 Å². The molecule has 4 heterocycles. The first-order valence-electron chi connectivity index (χ1n) is 8.86. The van der Waals surface area contributed by atoms with Gasteiger partial charge in [0.15, 0.2) is 17.0 Å². The monoisotopic (exact) mass is 353 g/mol. The van der Waals surface area contributed by atoms with Crippen LogP contribution in [-0.2, 0) is 17.8 Å². The summed E-state index contributed by atoms with van der Waals surface area (Å²) in [4.78, 5) is 22.4. The van der Waals surface area contributed by atoms with Crippen LogP contribution >= 0.6 is 0 Å². The van der Waals surface area contributed by atoms with Crippen molar-refractivity contribution in [2.75, 3.05) is 44.8 Å². The highest BCUT2D eigenvalue weighted by atomic mass is 16.5. The number of nitrogens with zero attached hydrogens (tertiary/aromatic N) is 7. The lowest BCUT2D eigenvalue weighted by Gasteiger charge is -2.35. The van der Waals surface area contributed by atoms with Gasteiger partial charge >= 0.3 is 0 Å². The molecule has 3 aromatic heterocycles. The fourth-order valence-corrected chi connectivity index (χ4v) is 3.32. The number of hydrogen-bond donors (Lipinski definition) is 0. The molecule has 0 radical (unpaired) electrons. The van der Waals surface area contributed by atoms with Gasteiger partial charge in [-0.1, -0.05) is 6.07 Å². The zero-order chi connectivity index (χ0) is 17.8. The van der Waals surface area contributed by atoms with Crippen LogP contribution in [-0.4, -0.2) is 69.3 Å². The van der Waals surface area contributed by atoms with Gasteiger partial charge in [0.05, 0.1) is 12.9 Å². The zero-order valence-electron chi connectivity index (χ0n) is 15.0. The van der Waals surface area contributed by atoms with Gasteiger partial charge in [-0.15, -0.1) is 0 Å². The standard InChI is InChI=1S/C18H23N7O/c1-26-10-9-25-14-22-16-17(20-13-21-18(16)25)24-7-5-23(6-8-24)12-15-3-2-4-19-11-15/h2-4,11,13-14H,5-10,12H2,1H3. The highest BCUT2D eigenvalue weighted by Gasteiger charge is 2.21. The van der Waals surface area contributed by atoms with Crippen LogP contribution in [0.5, 0.6) is 0 Å². The van der Waals surface area contributed by atoms with Crippen LogP contribution in [0.1, 0.15) is 5.56 Å². The van der Waals surface area contributed by atoms with Crippen molar-refractivity contribution in [2.24, 2.45) is 0 Å². The Morgan fingerprint density at radius 1 is 1.12 bits per heavy atom. The fraction of sp³-hybridized carbons (Fsp3) is 0.444. The molecular weight excluding hydrogens is 330 g/mol. The summed E-state index contributed by atoms with van der Waals surface area (Å²) in [6, 6.07) is 4.11. The zero-order valence-corrected chi connectivity index (χ0v) is 15.0. The van der Waals surface area contributed by atoms with Crippen molar-refractivity contribution in [3.63, 3.8) is 0 Å². The summed E-state index contributed by atoms with van der Waals surface area (Å²) in [5.41, 5.74) is 2.98. The minimum atomic E-state index is 0.637. The number of pyridine rings is 1. The van der Waals surface area contributed by atoms with E-state index in [0.717, 1.165) is 56.3 Å². The Morgan fingerprint density at radius 3 is 2.77 bits per heavy atom. The van der Waals surface area contributed by atoms with Crippen molar-refractivity contribution in [3.05, 3.63) is 42.7 Å². The molecule has 0 aromatic carbocycles. The fourth-order valence-electron chi connectivity index (χ4n) is 3.32. The molecule has 4 rings (SSSR count). The lowest BCUT2D eigenvalue weighted by Crippen LogP contribution is -2.46. The molecule has 1 fully saturated rings. The van der Waals surface area contributed by atoms with Crippen molar-refractivity contribution >= 4 is 17.0 Å². The quantitative estimate of drug-likeness (QED) is 0.659. The molecule has 0 unspecified atom stereocenters. The maximum absolute atomic E-state index is 5.16. The maximum Gasteiger partial charge on any atom is 0.165 e. The number of aromatic nitrogens is 5. The molecule has 0 aliphatic carbocycles. The molecule has 0 bridgehead atoms. The molecule has 26 heavy (non-hydrogen) atoms. The van der Waals surface area contributed by atoms with Crippen molar-refractivity contribution < 1.29 is 4.74 Å². The third-order valence-corrected chi connectivity index (χ3v) is 4.72. The molecule has 136 valence electrons. The van der Waals surface area contributed by atoms with Gasteiger partial charge < -0.3 is 14.2 Å². The second-order valence-corrected chi connectivity index (χ2v) is 6.42. The number of imidazole rings is 1. The van der Waals surface area contributed by atoms with E-state index < -0.39 is 0 Å². The first-order valence-corrected chi connectivity index (χ1v) is 8.86. The highest BCUT2D eigenvalue weighted by molar-refractivity contribution is 5.83. The van der Waals surface area contributed by atoms with Gasteiger partial charge in [-0.05, 0) is 11.6 Å². The second-order valence-electron chi connectivity index (χ2n) is 6.42. The number of methoxy groups -OCH3 is 1. The number of ether oxygens (including phenoxy) is 1. The molecule has 0 amide bonds. The highest BCUT2D eigenvalue weighted by Crippen LogP contribution is 2.23. The summed E-state index contributed by atoms with van der Waals surface area (Å²) >= 11 is 0. The maximum atomic E-state index is 5.16. The molecule has 8 nitrogen and oxygen atoms in total. The van der Waals surface area contributed by atoms with Gasteiger partial charge in [0.1, 0.15) is 6.33 Å². The van der Waals surface area contributed by atoms with E-state index in [-0.39, 0.29) is 0 Å². The Bertz CT molecular complexity index is 843. The summed E-state index contributed by atoms with van der Waals surface area (Å²) in [5.74, 6) is 0.923. The molecule has 1 saturated heterocycles. The van der Waals surface area contributed by atoms with E-state index >= 15 is 0 Å². The van der Waals surface area contributed by atoms with Crippen molar-refractivity contribution in [1.82, 2.24) is 29.4 Å². The van der Waals surface area contributed by atoms with Gasteiger partial charge in [0.2, 0.25) is 0 Å². The minimum absolute atomic E-state index is 0.637. The Balaban J connectivity index is 1.45. The Kier molecular flexibility index (Phi) is 5.03. The van der Waals surface area contributed by atoms with E-state index in [1.165, 1.54) is 5.56 Å². The minimum Gasteiger partial charge on any atom is -0.383 e. The molecule has 0 spiro atoms. The average Bonchev–Trinajstić information content (AvgIpc) is 3.11. The molecule has 8 heteroatoms. The summed E-state index contributed by atoms with van der Waals surface area (Å²) in [7, 11) is 1.70. The number of rotatable bonds is 6. The van der Waals surface area contributed by atoms with Crippen LogP contribution in [0.2, 0.25) is 0 Å². The Labute approximate surface area is 152 Å². The molecule has 1 aliphatic heterocycles. The van der Waals surface area contributed by atoms with Gasteiger partial charge in [-0.3, -0.25) is 9.88 Å². The lowest BCUT2D eigenvalue weighted by molar-refractivity contribution is 0.188. The number of piperazine rings is 1. The molecule has 0 saturated carbocycles. The van der Waals surface area contributed by atoms with Crippen LogP contribution in [0.25, 0.3) is 11.2 Å². The van der Waals surface area contributed by atoms with E-state index in [0.29, 0.717) is 6.61 Å². The summed E-state index contributed by atoms with van der Waals surface area (Å²) < 4.78 is 7.18. The molecule has 1 aliphatic rings. The van der Waals surface area contributed by atoms with Crippen molar-refractivity contribution in [1.29, 1.82) is 0 Å². The van der Waals surface area contributed by atoms with E-state index in [9.17, 15) is 0 Å². The molecular formula is C18H23N7O. The summed E-state index contributed by atoms with van der Waals surface area (Å²) in [5, 5.41) is 0. The van der Waals surface area contributed by atoms with Gasteiger partial charge in [-0.25, -0.2) is 15.0 Å². The second kappa shape index (κ2) is 7.76. The first kappa shape index (κ1) is 16.9.